The van der Waals surface area contributed by atoms with Gasteiger partial charge in [-0.1, -0.05) is 12.1 Å². The summed E-state index contributed by atoms with van der Waals surface area (Å²) in [4.78, 5) is 19.6. The molecule has 2 heterocycles. The zero-order valence-corrected chi connectivity index (χ0v) is 20.0. The molecule has 0 spiro atoms. The van der Waals surface area contributed by atoms with E-state index in [2.05, 4.69) is 4.90 Å². The van der Waals surface area contributed by atoms with E-state index in [-0.39, 0.29) is 16.6 Å². The summed E-state index contributed by atoms with van der Waals surface area (Å²) in [5.74, 6) is -0.453. The molecule has 2 saturated heterocycles. The van der Waals surface area contributed by atoms with Crippen molar-refractivity contribution in [1.29, 1.82) is 0 Å². The van der Waals surface area contributed by atoms with E-state index >= 15 is 0 Å². The Balaban J connectivity index is 1.60. The van der Waals surface area contributed by atoms with Crippen molar-refractivity contribution >= 4 is 27.3 Å². The lowest BCUT2D eigenvalue weighted by Crippen LogP contribution is -2.49. The van der Waals surface area contributed by atoms with Crippen LogP contribution in [0, 0.1) is 5.82 Å². The SMILES string of the molecule is CN(C)S(=O)(=O)c1ccc(N2CCCCC2)c(C(=O)N2CCN(c3ccccc3F)CC2)c1. The first-order valence-corrected chi connectivity index (χ1v) is 12.8. The van der Waals surface area contributed by atoms with E-state index in [0.29, 0.717) is 37.4 Å². The summed E-state index contributed by atoms with van der Waals surface area (Å²) in [6, 6.07) is 11.5. The van der Waals surface area contributed by atoms with Gasteiger partial charge in [0.05, 0.1) is 16.1 Å². The highest BCUT2D eigenvalue weighted by Crippen LogP contribution is 2.29. The first-order chi connectivity index (χ1) is 15.8. The standard InChI is InChI=1S/C24H31FN4O3S/c1-26(2)33(31,32)19-10-11-22(27-12-6-3-7-13-27)20(18-19)24(30)29-16-14-28(15-17-29)23-9-5-4-8-21(23)25/h4-5,8-11,18H,3,6-7,12-17H2,1-2H3. The van der Waals surface area contributed by atoms with Gasteiger partial charge in [0.15, 0.2) is 0 Å². The summed E-state index contributed by atoms with van der Waals surface area (Å²) < 4.78 is 40.8. The normalized spacial score (nSPS) is 17.5. The van der Waals surface area contributed by atoms with Gasteiger partial charge in [0, 0.05) is 59.1 Å². The Hall–Kier alpha value is -2.65. The smallest absolute Gasteiger partial charge is 0.256 e. The topological polar surface area (TPSA) is 64.2 Å². The minimum atomic E-state index is -3.67. The Kier molecular flexibility index (Phi) is 6.90. The third kappa shape index (κ3) is 4.84. The molecule has 2 aromatic carbocycles. The molecule has 178 valence electrons. The second kappa shape index (κ2) is 9.69. The molecule has 0 radical (unpaired) electrons. The van der Waals surface area contributed by atoms with Crippen LogP contribution in [0.2, 0.25) is 0 Å². The molecule has 0 aliphatic carbocycles. The van der Waals surface area contributed by atoms with Crippen LogP contribution >= 0.6 is 0 Å². The van der Waals surface area contributed by atoms with Gasteiger partial charge in [-0.2, -0.15) is 0 Å². The van der Waals surface area contributed by atoms with Crippen LogP contribution in [0.5, 0.6) is 0 Å². The molecule has 2 aliphatic heterocycles. The van der Waals surface area contributed by atoms with Crippen LogP contribution in [-0.2, 0) is 10.0 Å². The summed E-state index contributed by atoms with van der Waals surface area (Å²) in [7, 11) is -0.700. The summed E-state index contributed by atoms with van der Waals surface area (Å²) in [5.41, 5.74) is 1.74. The first-order valence-electron chi connectivity index (χ1n) is 11.4. The number of sulfonamides is 1. The van der Waals surface area contributed by atoms with Crippen molar-refractivity contribution in [3.63, 3.8) is 0 Å². The molecule has 0 saturated carbocycles. The highest BCUT2D eigenvalue weighted by Gasteiger charge is 2.29. The van der Waals surface area contributed by atoms with E-state index in [1.807, 2.05) is 4.90 Å². The van der Waals surface area contributed by atoms with Gasteiger partial charge in [-0.05, 0) is 49.6 Å². The highest BCUT2D eigenvalue weighted by atomic mass is 32.2. The molecule has 33 heavy (non-hydrogen) atoms. The van der Waals surface area contributed by atoms with Crippen LogP contribution in [0.1, 0.15) is 29.6 Å². The van der Waals surface area contributed by atoms with Crippen molar-refractivity contribution in [2.45, 2.75) is 24.2 Å². The molecule has 0 aromatic heterocycles. The number of para-hydroxylation sites is 1. The van der Waals surface area contributed by atoms with Crippen molar-refractivity contribution in [2.75, 3.05) is 63.2 Å². The zero-order chi connectivity index (χ0) is 23.6. The predicted octanol–water partition coefficient (Wildman–Crippen LogP) is 3.03. The lowest BCUT2D eigenvalue weighted by atomic mass is 10.1. The van der Waals surface area contributed by atoms with Crippen LogP contribution in [0.3, 0.4) is 0 Å². The maximum Gasteiger partial charge on any atom is 0.256 e. The summed E-state index contributed by atoms with van der Waals surface area (Å²) in [6.45, 7) is 3.61. The molecule has 2 fully saturated rings. The number of piperazine rings is 1. The Labute approximate surface area is 195 Å². The van der Waals surface area contributed by atoms with E-state index in [9.17, 15) is 17.6 Å². The summed E-state index contributed by atoms with van der Waals surface area (Å²) in [5, 5.41) is 0. The third-order valence-electron chi connectivity index (χ3n) is 6.43. The fourth-order valence-electron chi connectivity index (χ4n) is 4.50. The van der Waals surface area contributed by atoms with Crippen molar-refractivity contribution in [1.82, 2.24) is 9.21 Å². The number of hydrogen-bond donors (Lipinski definition) is 0. The number of anilines is 2. The van der Waals surface area contributed by atoms with Crippen LogP contribution in [0.4, 0.5) is 15.8 Å². The molecule has 0 unspecified atom stereocenters. The Morgan fingerprint density at radius 1 is 0.848 bits per heavy atom. The van der Waals surface area contributed by atoms with Crippen LogP contribution in [0.15, 0.2) is 47.4 Å². The van der Waals surface area contributed by atoms with E-state index in [1.54, 1.807) is 35.2 Å². The molecule has 4 rings (SSSR count). The summed E-state index contributed by atoms with van der Waals surface area (Å²) >= 11 is 0. The molecule has 9 heteroatoms. The lowest BCUT2D eigenvalue weighted by Gasteiger charge is -2.37. The highest BCUT2D eigenvalue weighted by molar-refractivity contribution is 7.89. The zero-order valence-electron chi connectivity index (χ0n) is 19.2. The fourth-order valence-corrected chi connectivity index (χ4v) is 5.43. The van der Waals surface area contributed by atoms with Crippen molar-refractivity contribution in [3.8, 4) is 0 Å². The molecular formula is C24H31FN4O3S. The van der Waals surface area contributed by atoms with Gasteiger partial charge in [0.2, 0.25) is 10.0 Å². The molecular weight excluding hydrogens is 443 g/mol. The molecule has 0 bridgehead atoms. The number of rotatable bonds is 5. The molecule has 1 amide bonds. The first kappa shape index (κ1) is 23.5. The largest absolute Gasteiger partial charge is 0.371 e. The maximum atomic E-state index is 14.2. The molecule has 2 aliphatic rings. The van der Waals surface area contributed by atoms with Crippen LogP contribution in [-0.4, -0.2) is 76.9 Å². The molecule has 0 atom stereocenters. The van der Waals surface area contributed by atoms with Crippen molar-refractivity contribution < 1.29 is 17.6 Å². The van der Waals surface area contributed by atoms with E-state index in [0.717, 1.165) is 42.3 Å². The second-order valence-corrected chi connectivity index (χ2v) is 10.9. The minimum absolute atomic E-state index is 0.113. The monoisotopic (exact) mass is 474 g/mol. The van der Waals surface area contributed by atoms with Gasteiger partial charge in [0.25, 0.3) is 5.91 Å². The van der Waals surface area contributed by atoms with Gasteiger partial charge in [-0.3, -0.25) is 4.79 Å². The number of carbonyl (C=O) groups is 1. The third-order valence-corrected chi connectivity index (χ3v) is 8.24. The lowest BCUT2D eigenvalue weighted by molar-refractivity contribution is 0.0747. The average molecular weight is 475 g/mol. The van der Waals surface area contributed by atoms with Crippen molar-refractivity contribution in [3.05, 3.63) is 53.8 Å². The molecule has 2 aromatic rings. The Bertz CT molecular complexity index is 1110. The summed E-state index contributed by atoms with van der Waals surface area (Å²) in [6.07, 6.45) is 3.25. The molecule has 7 nitrogen and oxygen atoms in total. The number of halogens is 1. The van der Waals surface area contributed by atoms with Gasteiger partial charge < -0.3 is 14.7 Å². The number of nitrogens with zero attached hydrogens (tertiary/aromatic N) is 4. The average Bonchev–Trinajstić information content (AvgIpc) is 2.84. The minimum Gasteiger partial charge on any atom is -0.371 e. The van der Waals surface area contributed by atoms with Crippen LogP contribution < -0.4 is 9.80 Å². The van der Waals surface area contributed by atoms with Gasteiger partial charge in [0.1, 0.15) is 5.82 Å². The van der Waals surface area contributed by atoms with Crippen molar-refractivity contribution in [2.24, 2.45) is 0 Å². The molecule has 0 N–H and O–H groups in total. The quantitative estimate of drug-likeness (QED) is 0.667. The number of hydrogen-bond acceptors (Lipinski definition) is 5. The van der Waals surface area contributed by atoms with E-state index < -0.39 is 10.0 Å². The van der Waals surface area contributed by atoms with E-state index in [4.69, 9.17) is 0 Å². The number of benzene rings is 2. The predicted molar refractivity (Wildman–Crippen MR) is 128 cm³/mol. The second-order valence-electron chi connectivity index (χ2n) is 8.74. The van der Waals surface area contributed by atoms with E-state index in [1.165, 1.54) is 26.2 Å². The maximum absolute atomic E-state index is 14.2. The van der Waals surface area contributed by atoms with Gasteiger partial charge in [-0.25, -0.2) is 17.1 Å². The van der Waals surface area contributed by atoms with Crippen LogP contribution in [0.25, 0.3) is 0 Å². The fraction of sp³-hybridized carbons (Fsp3) is 0.458. The number of piperidine rings is 1. The number of amides is 1. The Morgan fingerprint density at radius 3 is 2.12 bits per heavy atom. The Morgan fingerprint density at radius 2 is 1.48 bits per heavy atom. The van der Waals surface area contributed by atoms with Gasteiger partial charge >= 0.3 is 0 Å². The number of carbonyl (C=O) groups excluding carboxylic acids is 1. The van der Waals surface area contributed by atoms with Gasteiger partial charge in [-0.15, -0.1) is 0 Å².